The van der Waals surface area contributed by atoms with Crippen LogP contribution < -0.4 is 10.1 Å². The van der Waals surface area contributed by atoms with Crippen molar-refractivity contribution in [2.24, 2.45) is 7.05 Å². The highest BCUT2D eigenvalue weighted by Crippen LogP contribution is 2.30. The van der Waals surface area contributed by atoms with Crippen LogP contribution in [0.4, 0.5) is 4.79 Å². The van der Waals surface area contributed by atoms with Crippen LogP contribution in [-0.4, -0.2) is 34.1 Å². The average Bonchev–Trinajstić information content (AvgIpc) is 2.86. The van der Waals surface area contributed by atoms with E-state index in [0.717, 1.165) is 5.56 Å². The second-order valence-corrected chi connectivity index (χ2v) is 5.49. The summed E-state index contributed by atoms with van der Waals surface area (Å²) in [5.41, 5.74) is 1.93. The molecule has 134 valence electrons. The van der Waals surface area contributed by atoms with E-state index >= 15 is 0 Å². The molecule has 2 N–H and O–H groups in total. The van der Waals surface area contributed by atoms with Crippen molar-refractivity contribution in [3.8, 4) is 5.88 Å². The lowest BCUT2D eigenvalue weighted by Gasteiger charge is -2.18. The smallest absolute Gasteiger partial charge is 0.407 e. The maximum absolute atomic E-state index is 12.1. The number of hydrogen-bond donors (Lipinski definition) is 2. The molecule has 1 aromatic carbocycles. The van der Waals surface area contributed by atoms with Crippen molar-refractivity contribution in [3.63, 3.8) is 0 Å². The van der Waals surface area contributed by atoms with E-state index in [1.807, 2.05) is 30.3 Å². The van der Waals surface area contributed by atoms with Gasteiger partial charge in [-0.05, 0) is 12.5 Å². The summed E-state index contributed by atoms with van der Waals surface area (Å²) in [6.07, 6.45) is -1.02. The maximum atomic E-state index is 12.1. The zero-order valence-electron chi connectivity index (χ0n) is 14.4. The second-order valence-electron chi connectivity index (χ2n) is 5.49. The molecule has 0 radical (unpaired) electrons. The lowest BCUT2D eigenvalue weighted by molar-refractivity contribution is -0.137. The van der Waals surface area contributed by atoms with Crippen molar-refractivity contribution in [2.45, 2.75) is 26.0 Å². The third kappa shape index (κ3) is 4.72. The predicted molar refractivity (Wildman–Crippen MR) is 89.3 cm³/mol. The molecule has 0 unspecified atom stereocenters. The van der Waals surface area contributed by atoms with Crippen LogP contribution in [0.5, 0.6) is 5.88 Å². The van der Waals surface area contributed by atoms with Gasteiger partial charge in [-0.15, -0.1) is 0 Å². The molecular formula is C17H21N3O5. The van der Waals surface area contributed by atoms with Crippen LogP contribution in [0.2, 0.25) is 0 Å². The van der Waals surface area contributed by atoms with E-state index in [4.69, 9.17) is 14.6 Å². The van der Waals surface area contributed by atoms with Crippen molar-refractivity contribution in [1.29, 1.82) is 0 Å². The minimum atomic E-state index is -1.06. The number of hydrogen-bond acceptors (Lipinski definition) is 5. The Kier molecular flexibility index (Phi) is 5.99. The lowest BCUT2D eigenvalue weighted by Crippen LogP contribution is -2.31. The highest BCUT2D eigenvalue weighted by Gasteiger charge is 2.27. The molecule has 25 heavy (non-hydrogen) atoms. The third-order valence-electron chi connectivity index (χ3n) is 3.64. The Morgan fingerprint density at radius 3 is 2.60 bits per heavy atom. The third-order valence-corrected chi connectivity index (χ3v) is 3.64. The van der Waals surface area contributed by atoms with Crippen LogP contribution in [0.3, 0.4) is 0 Å². The van der Waals surface area contributed by atoms with Crippen LogP contribution in [0.15, 0.2) is 30.3 Å². The van der Waals surface area contributed by atoms with Gasteiger partial charge in [0.05, 0.1) is 30.8 Å². The summed E-state index contributed by atoms with van der Waals surface area (Å²) in [4.78, 5) is 23.3. The molecule has 0 spiro atoms. The fourth-order valence-electron chi connectivity index (χ4n) is 2.60. The van der Waals surface area contributed by atoms with E-state index in [-0.39, 0.29) is 13.0 Å². The number of carbonyl (C=O) groups is 2. The molecule has 8 nitrogen and oxygen atoms in total. The summed E-state index contributed by atoms with van der Waals surface area (Å²) in [5, 5.41) is 16.0. The van der Waals surface area contributed by atoms with E-state index < -0.39 is 18.1 Å². The largest absolute Gasteiger partial charge is 0.481 e. The van der Waals surface area contributed by atoms with Gasteiger partial charge in [0.2, 0.25) is 5.88 Å². The Balaban J connectivity index is 2.12. The first-order valence-electron chi connectivity index (χ1n) is 7.68. The van der Waals surface area contributed by atoms with Gasteiger partial charge in [-0.1, -0.05) is 30.3 Å². The highest BCUT2D eigenvalue weighted by atomic mass is 16.5. The van der Waals surface area contributed by atoms with Gasteiger partial charge in [0.1, 0.15) is 6.61 Å². The lowest BCUT2D eigenvalue weighted by atomic mass is 10.0. The molecule has 0 aliphatic carbocycles. The maximum Gasteiger partial charge on any atom is 0.407 e. The minimum Gasteiger partial charge on any atom is -0.481 e. The molecule has 0 aliphatic heterocycles. The molecule has 0 fully saturated rings. The van der Waals surface area contributed by atoms with E-state index in [2.05, 4.69) is 10.4 Å². The molecule has 0 saturated carbocycles. The number of aromatic nitrogens is 2. The number of aryl methyl sites for hydroxylation is 2. The van der Waals surface area contributed by atoms with Gasteiger partial charge in [-0.2, -0.15) is 5.10 Å². The molecular weight excluding hydrogens is 326 g/mol. The molecule has 1 heterocycles. The number of nitrogens with zero attached hydrogens (tertiary/aromatic N) is 2. The Morgan fingerprint density at radius 2 is 2.00 bits per heavy atom. The summed E-state index contributed by atoms with van der Waals surface area (Å²) in [5.74, 6) is -0.661. The number of carboxylic acid groups (broad SMARTS) is 1. The van der Waals surface area contributed by atoms with E-state index in [0.29, 0.717) is 17.1 Å². The number of ether oxygens (including phenoxy) is 2. The van der Waals surface area contributed by atoms with Gasteiger partial charge in [-0.3, -0.25) is 4.79 Å². The molecule has 0 saturated heterocycles. The first-order chi connectivity index (χ1) is 11.9. The number of alkyl carbamates (subject to hydrolysis) is 1. The van der Waals surface area contributed by atoms with Gasteiger partial charge in [0, 0.05) is 7.05 Å². The highest BCUT2D eigenvalue weighted by molar-refractivity contribution is 5.72. The molecule has 0 bridgehead atoms. The van der Waals surface area contributed by atoms with Crippen LogP contribution >= 0.6 is 0 Å². The Bertz CT molecular complexity index is 742. The molecule has 2 aromatic rings. The monoisotopic (exact) mass is 347 g/mol. The number of amides is 1. The number of benzene rings is 1. The first-order valence-corrected chi connectivity index (χ1v) is 7.68. The SMILES string of the molecule is COc1c([C@H](CC(=O)O)NC(=O)OCc2ccccc2)c(C)nn1C. The van der Waals surface area contributed by atoms with Crippen molar-refractivity contribution >= 4 is 12.1 Å². The number of carboxylic acids is 1. The quantitative estimate of drug-likeness (QED) is 0.796. The molecule has 0 aliphatic rings. The van der Waals surface area contributed by atoms with Gasteiger partial charge < -0.3 is 19.9 Å². The number of carbonyl (C=O) groups excluding carboxylic acids is 1. The van der Waals surface area contributed by atoms with Gasteiger partial charge in [-0.25, -0.2) is 9.48 Å². The fourth-order valence-corrected chi connectivity index (χ4v) is 2.60. The van der Waals surface area contributed by atoms with Crippen LogP contribution in [0.1, 0.15) is 29.3 Å². The molecule has 1 aromatic heterocycles. The Morgan fingerprint density at radius 1 is 1.32 bits per heavy atom. The average molecular weight is 347 g/mol. The van der Waals surface area contributed by atoms with E-state index in [9.17, 15) is 9.59 Å². The van der Waals surface area contributed by atoms with Crippen molar-refractivity contribution < 1.29 is 24.2 Å². The number of rotatable bonds is 7. The minimum absolute atomic E-state index is 0.0929. The standard InChI is InChI=1S/C17H21N3O5/c1-11-15(16(24-3)20(2)19-11)13(9-14(21)22)18-17(23)25-10-12-7-5-4-6-8-12/h4-8,13H,9-10H2,1-3H3,(H,18,23)(H,21,22)/t13-/m0/s1. The summed E-state index contributed by atoms with van der Waals surface area (Å²) >= 11 is 0. The molecule has 1 atom stereocenters. The Labute approximate surface area is 145 Å². The Hall–Kier alpha value is -3.03. The van der Waals surface area contributed by atoms with Crippen LogP contribution in [0.25, 0.3) is 0 Å². The van der Waals surface area contributed by atoms with Gasteiger partial charge in [0.15, 0.2) is 0 Å². The predicted octanol–water partition coefficient (Wildman–Crippen LogP) is 2.18. The van der Waals surface area contributed by atoms with Gasteiger partial charge in [0.25, 0.3) is 0 Å². The zero-order valence-corrected chi connectivity index (χ0v) is 14.4. The molecule has 1 amide bonds. The van der Waals surface area contributed by atoms with Gasteiger partial charge >= 0.3 is 12.1 Å². The summed E-state index contributed by atoms with van der Waals surface area (Å²) in [6, 6.07) is 8.39. The summed E-state index contributed by atoms with van der Waals surface area (Å²) in [6.45, 7) is 1.82. The number of methoxy groups -OCH3 is 1. The normalized spacial score (nSPS) is 11.6. The van der Waals surface area contributed by atoms with Crippen molar-refractivity contribution in [1.82, 2.24) is 15.1 Å². The topological polar surface area (TPSA) is 103 Å². The molecule has 2 rings (SSSR count). The summed E-state index contributed by atoms with van der Waals surface area (Å²) in [7, 11) is 3.15. The number of aliphatic carboxylic acids is 1. The van der Waals surface area contributed by atoms with Crippen LogP contribution in [0, 0.1) is 6.92 Å². The first kappa shape index (κ1) is 18.3. The van der Waals surface area contributed by atoms with Crippen LogP contribution in [-0.2, 0) is 23.2 Å². The second kappa shape index (κ2) is 8.18. The molecule has 8 heteroatoms. The zero-order chi connectivity index (χ0) is 18.4. The van der Waals surface area contributed by atoms with Crippen molar-refractivity contribution in [3.05, 3.63) is 47.2 Å². The fraction of sp³-hybridized carbons (Fsp3) is 0.353. The van der Waals surface area contributed by atoms with Crippen molar-refractivity contribution in [2.75, 3.05) is 7.11 Å². The summed E-state index contributed by atoms with van der Waals surface area (Å²) < 4.78 is 12.0. The van der Waals surface area contributed by atoms with E-state index in [1.54, 1.807) is 14.0 Å². The number of nitrogens with one attached hydrogen (secondary N) is 1. The van der Waals surface area contributed by atoms with E-state index in [1.165, 1.54) is 11.8 Å².